The fourth-order valence-electron chi connectivity index (χ4n) is 5.08. The Labute approximate surface area is 190 Å². The van der Waals surface area contributed by atoms with Crippen LogP contribution >= 0.6 is 0 Å². The van der Waals surface area contributed by atoms with Crippen LogP contribution in [0.4, 0.5) is 0 Å². The molecule has 0 saturated heterocycles. The molecular weight excluding hydrogens is 376 g/mol. The summed E-state index contributed by atoms with van der Waals surface area (Å²) >= 11 is 0. The monoisotopic (exact) mass is 418 g/mol. The molecule has 0 unspecified atom stereocenters. The first-order valence-electron chi connectivity index (χ1n) is 12.9. The van der Waals surface area contributed by atoms with Crippen molar-refractivity contribution >= 4 is 5.78 Å². The molecule has 2 atom stereocenters. The fourth-order valence-corrected chi connectivity index (χ4v) is 5.08. The van der Waals surface area contributed by atoms with Gasteiger partial charge in [0.05, 0.1) is 0 Å². The molecule has 3 rings (SSSR count). The van der Waals surface area contributed by atoms with Crippen molar-refractivity contribution in [1.29, 1.82) is 0 Å². The number of carbonyl (C=O) groups is 1. The van der Waals surface area contributed by atoms with Gasteiger partial charge in [-0.15, -0.1) is 0 Å². The average Bonchev–Trinajstić information content (AvgIpc) is 2.80. The summed E-state index contributed by atoms with van der Waals surface area (Å²) in [6, 6.07) is 17.9. The quantitative estimate of drug-likeness (QED) is 0.314. The van der Waals surface area contributed by atoms with Crippen LogP contribution in [0.15, 0.2) is 48.5 Å². The number of unbranched alkanes of at least 4 members (excludes halogenated alkanes) is 6. The number of ketones is 1. The van der Waals surface area contributed by atoms with Crippen LogP contribution in [-0.4, -0.2) is 5.78 Å². The largest absolute Gasteiger partial charge is 0.299 e. The van der Waals surface area contributed by atoms with Gasteiger partial charge in [-0.1, -0.05) is 114 Å². The highest BCUT2D eigenvalue weighted by Gasteiger charge is 2.29. The molecule has 0 aromatic heterocycles. The minimum atomic E-state index is 0.117. The van der Waals surface area contributed by atoms with Crippen molar-refractivity contribution in [2.24, 2.45) is 5.92 Å². The van der Waals surface area contributed by atoms with Crippen molar-refractivity contribution in [2.45, 2.75) is 103 Å². The van der Waals surface area contributed by atoms with E-state index in [0.29, 0.717) is 11.7 Å². The van der Waals surface area contributed by atoms with Crippen LogP contribution in [0, 0.1) is 5.92 Å². The van der Waals surface area contributed by atoms with E-state index in [1.54, 1.807) is 0 Å². The van der Waals surface area contributed by atoms with Crippen molar-refractivity contribution in [3.05, 3.63) is 59.7 Å². The number of benzene rings is 2. The zero-order valence-electron chi connectivity index (χ0n) is 19.9. The maximum absolute atomic E-state index is 12.8. The molecule has 168 valence electrons. The summed E-state index contributed by atoms with van der Waals surface area (Å²) in [5.41, 5.74) is 5.17. The zero-order valence-corrected chi connectivity index (χ0v) is 19.9. The number of Topliss-reactive ketones (excluding diaryl/α,β-unsaturated/α-hetero) is 1. The highest BCUT2D eigenvalue weighted by atomic mass is 16.1. The normalized spacial score (nSPS) is 19.0. The lowest BCUT2D eigenvalue weighted by atomic mass is 9.76. The van der Waals surface area contributed by atoms with Crippen LogP contribution < -0.4 is 0 Å². The van der Waals surface area contributed by atoms with Gasteiger partial charge in [0, 0.05) is 12.3 Å². The molecule has 2 aromatic rings. The van der Waals surface area contributed by atoms with Gasteiger partial charge in [0.15, 0.2) is 0 Å². The molecule has 1 fully saturated rings. The maximum atomic E-state index is 12.8. The van der Waals surface area contributed by atoms with Gasteiger partial charge in [-0.3, -0.25) is 4.79 Å². The lowest BCUT2D eigenvalue weighted by Gasteiger charge is -2.27. The summed E-state index contributed by atoms with van der Waals surface area (Å²) in [6.45, 7) is 4.51. The summed E-state index contributed by atoms with van der Waals surface area (Å²) in [4.78, 5) is 12.8. The summed E-state index contributed by atoms with van der Waals surface area (Å²) in [5.74, 6) is 1.20. The molecule has 1 saturated carbocycles. The van der Waals surface area contributed by atoms with Gasteiger partial charge < -0.3 is 0 Å². The first kappa shape index (κ1) is 23.8. The van der Waals surface area contributed by atoms with Gasteiger partial charge in [-0.05, 0) is 53.9 Å². The summed E-state index contributed by atoms with van der Waals surface area (Å²) in [5, 5.41) is 0. The number of aryl methyl sites for hydroxylation is 1. The van der Waals surface area contributed by atoms with Crippen LogP contribution in [0.25, 0.3) is 11.1 Å². The van der Waals surface area contributed by atoms with E-state index in [2.05, 4.69) is 62.4 Å². The molecule has 1 heteroatoms. The molecule has 0 amide bonds. The Morgan fingerprint density at radius 1 is 0.710 bits per heavy atom. The highest BCUT2D eigenvalue weighted by molar-refractivity contribution is 5.86. The van der Waals surface area contributed by atoms with Gasteiger partial charge in [0.1, 0.15) is 5.78 Å². The van der Waals surface area contributed by atoms with E-state index in [-0.39, 0.29) is 5.92 Å². The Hall–Kier alpha value is -1.89. The Bertz CT molecular complexity index is 771. The van der Waals surface area contributed by atoms with Crippen LogP contribution in [-0.2, 0) is 11.2 Å². The molecule has 0 N–H and O–H groups in total. The first-order chi connectivity index (χ1) is 15.2. The SMILES string of the molecule is CCCCCCCc1ccc(-c2ccc([C@@H]3CC[C@@H](CCCCC)CC3=O)cc2)cc1. The molecule has 1 aliphatic carbocycles. The smallest absolute Gasteiger partial charge is 0.140 e. The topological polar surface area (TPSA) is 17.1 Å². The van der Waals surface area contributed by atoms with Gasteiger partial charge in [0.25, 0.3) is 0 Å². The van der Waals surface area contributed by atoms with Crippen molar-refractivity contribution in [3.63, 3.8) is 0 Å². The van der Waals surface area contributed by atoms with Crippen molar-refractivity contribution < 1.29 is 4.79 Å². The lowest BCUT2D eigenvalue weighted by Crippen LogP contribution is -2.23. The van der Waals surface area contributed by atoms with E-state index >= 15 is 0 Å². The van der Waals surface area contributed by atoms with Gasteiger partial charge in [-0.25, -0.2) is 0 Å². The van der Waals surface area contributed by atoms with Crippen molar-refractivity contribution in [2.75, 3.05) is 0 Å². The zero-order chi connectivity index (χ0) is 21.9. The molecule has 1 aliphatic rings. The van der Waals surface area contributed by atoms with E-state index in [4.69, 9.17) is 0 Å². The molecule has 1 nitrogen and oxygen atoms in total. The van der Waals surface area contributed by atoms with Crippen LogP contribution in [0.3, 0.4) is 0 Å². The summed E-state index contributed by atoms with van der Waals surface area (Å²) < 4.78 is 0. The Balaban J connectivity index is 1.51. The van der Waals surface area contributed by atoms with Crippen LogP contribution in [0.1, 0.15) is 108 Å². The Morgan fingerprint density at radius 3 is 1.97 bits per heavy atom. The van der Waals surface area contributed by atoms with E-state index in [1.807, 2.05) is 0 Å². The first-order valence-corrected chi connectivity index (χ1v) is 12.9. The highest BCUT2D eigenvalue weighted by Crippen LogP contribution is 2.36. The lowest BCUT2D eigenvalue weighted by molar-refractivity contribution is -0.123. The molecule has 0 aliphatic heterocycles. The molecule has 0 bridgehead atoms. The third kappa shape index (κ3) is 7.34. The number of hydrogen-bond acceptors (Lipinski definition) is 1. The molecule has 0 heterocycles. The minimum Gasteiger partial charge on any atom is -0.299 e. The molecule has 0 spiro atoms. The van der Waals surface area contributed by atoms with Crippen LogP contribution in [0.2, 0.25) is 0 Å². The molecule has 0 radical (unpaired) electrons. The second kappa shape index (κ2) is 12.8. The van der Waals surface area contributed by atoms with Gasteiger partial charge >= 0.3 is 0 Å². The Morgan fingerprint density at radius 2 is 1.32 bits per heavy atom. The third-order valence-corrected chi connectivity index (χ3v) is 7.13. The minimum absolute atomic E-state index is 0.117. The number of rotatable bonds is 12. The van der Waals surface area contributed by atoms with Crippen molar-refractivity contribution in [3.8, 4) is 11.1 Å². The number of carbonyl (C=O) groups excluding carboxylic acids is 1. The summed E-state index contributed by atoms with van der Waals surface area (Å²) in [7, 11) is 0. The predicted molar refractivity (Wildman–Crippen MR) is 134 cm³/mol. The Kier molecular flexibility index (Phi) is 9.85. The van der Waals surface area contributed by atoms with Crippen LogP contribution in [0.5, 0.6) is 0 Å². The second-order valence-electron chi connectivity index (χ2n) is 9.65. The fraction of sp³-hybridized carbons (Fsp3) is 0.567. The van der Waals surface area contributed by atoms with Crippen molar-refractivity contribution in [1.82, 2.24) is 0 Å². The van der Waals surface area contributed by atoms with Gasteiger partial charge in [0.2, 0.25) is 0 Å². The third-order valence-electron chi connectivity index (χ3n) is 7.13. The maximum Gasteiger partial charge on any atom is 0.140 e. The number of hydrogen-bond donors (Lipinski definition) is 0. The average molecular weight is 419 g/mol. The molecule has 2 aromatic carbocycles. The molecular formula is C30H42O. The van der Waals surface area contributed by atoms with E-state index in [9.17, 15) is 4.79 Å². The van der Waals surface area contributed by atoms with E-state index < -0.39 is 0 Å². The summed E-state index contributed by atoms with van der Waals surface area (Å²) in [6.07, 6.45) is 16.0. The van der Waals surface area contributed by atoms with Gasteiger partial charge in [-0.2, -0.15) is 0 Å². The van der Waals surface area contributed by atoms with E-state index in [1.165, 1.54) is 92.9 Å². The predicted octanol–water partition coefficient (Wildman–Crippen LogP) is 8.90. The second-order valence-corrected chi connectivity index (χ2v) is 9.65. The standard InChI is InChI=1S/C30H42O/c1-3-5-7-8-10-11-24-13-16-26(17-14-24)27-18-20-28(21-19-27)29-22-15-25(23-30(29)31)12-9-6-4-2/h13-14,16-21,25,29H,3-12,15,22-23H2,1-2H3/t25-,29+/m1/s1. The van der Waals surface area contributed by atoms with E-state index in [0.717, 1.165) is 12.8 Å². The molecule has 31 heavy (non-hydrogen) atoms.